The molecule has 0 bridgehead atoms. The minimum Gasteiger partial charge on any atom is -0.487 e. The normalized spacial score (nSPS) is 14.8. The van der Waals surface area contributed by atoms with E-state index in [0.717, 1.165) is 21.9 Å². The van der Waals surface area contributed by atoms with Gasteiger partial charge < -0.3 is 14.2 Å². The van der Waals surface area contributed by atoms with Gasteiger partial charge in [0.15, 0.2) is 0 Å². The Morgan fingerprint density at radius 2 is 1.81 bits per heavy atom. The molecule has 4 nitrogen and oxygen atoms in total. The Balaban J connectivity index is 1.77. The van der Waals surface area contributed by atoms with Crippen molar-refractivity contribution in [1.82, 2.24) is 0 Å². The monoisotopic (exact) mass is 360 g/mol. The summed E-state index contributed by atoms with van der Waals surface area (Å²) in [5.74, 6) is -0.489. The largest absolute Gasteiger partial charge is 0.487 e. The number of ether oxygens (including phenoxy) is 3. The summed E-state index contributed by atoms with van der Waals surface area (Å²) in [5, 5.41) is 1.79. The van der Waals surface area contributed by atoms with Gasteiger partial charge in [-0.2, -0.15) is 0 Å². The molecule has 0 spiro atoms. The predicted molar refractivity (Wildman–Crippen MR) is 105 cm³/mol. The molecule has 1 aliphatic heterocycles. The van der Waals surface area contributed by atoms with Crippen LogP contribution in [0.15, 0.2) is 61.2 Å². The number of benzene rings is 3. The van der Waals surface area contributed by atoms with Crippen LogP contribution in [0.1, 0.15) is 35.3 Å². The molecular weight excluding hydrogens is 340 g/mol. The predicted octanol–water partition coefficient (Wildman–Crippen LogP) is 5.35. The highest BCUT2D eigenvalue weighted by molar-refractivity contribution is 6.05. The lowest BCUT2D eigenvalue weighted by Gasteiger charge is -2.32. The second kappa shape index (κ2) is 6.47. The molecule has 0 saturated heterocycles. The highest BCUT2D eigenvalue weighted by Crippen LogP contribution is 2.42. The van der Waals surface area contributed by atoms with Gasteiger partial charge in [-0.15, -0.1) is 0 Å². The Bertz CT molecular complexity index is 1030. The highest BCUT2D eigenvalue weighted by Gasteiger charge is 2.37. The Morgan fingerprint density at radius 1 is 1.07 bits per heavy atom. The van der Waals surface area contributed by atoms with Crippen molar-refractivity contribution in [3.8, 4) is 11.5 Å². The number of carbonyl (C=O) groups is 1. The van der Waals surface area contributed by atoms with E-state index < -0.39 is 11.8 Å². The average molecular weight is 360 g/mol. The fourth-order valence-corrected chi connectivity index (χ4v) is 3.18. The van der Waals surface area contributed by atoms with Gasteiger partial charge in [-0.1, -0.05) is 61.2 Å². The first kappa shape index (κ1) is 17.2. The molecule has 1 heterocycles. The molecular formula is C23H20O4. The number of carbonyl (C=O) groups excluding carboxylic acids is 1. The average Bonchev–Trinajstić information content (AvgIpc) is 2.64. The van der Waals surface area contributed by atoms with E-state index in [0.29, 0.717) is 23.7 Å². The highest BCUT2D eigenvalue weighted by atomic mass is 16.7. The van der Waals surface area contributed by atoms with Crippen molar-refractivity contribution in [1.29, 1.82) is 0 Å². The summed E-state index contributed by atoms with van der Waals surface area (Å²) in [6.45, 7) is 7.51. The van der Waals surface area contributed by atoms with Crippen molar-refractivity contribution < 1.29 is 19.0 Å². The first-order valence-electron chi connectivity index (χ1n) is 8.79. The van der Waals surface area contributed by atoms with Crippen LogP contribution in [-0.2, 0) is 11.3 Å². The van der Waals surface area contributed by atoms with E-state index in [4.69, 9.17) is 14.2 Å². The van der Waals surface area contributed by atoms with E-state index in [9.17, 15) is 4.79 Å². The van der Waals surface area contributed by atoms with Gasteiger partial charge in [-0.05, 0) is 22.6 Å². The van der Waals surface area contributed by atoms with Crippen molar-refractivity contribution in [2.45, 2.75) is 26.2 Å². The number of hydrogen-bond donors (Lipinski definition) is 0. The molecule has 0 saturated carbocycles. The third-order valence-electron chi connectivity index (χ3n) is 4.46. The second-order valence-corrected chi connectivity index (χ2v) is 6.93. The number of fused-ring (bicyclic) bond motifs is 2. The zero-order valence-corrected chi connectivity index (χ0v) is 15.3. The third-order valence-corrected chi connectivity index (χ3v) is 4.46. The van der Waals surface area contributed by atoms with E-state index in [2.05, 4.69) is 6.58 Å². The fourth-order valence-electron chi connectivity index (χ4n) is 3.18. The second-order valence-electron chi connectivity index (χ2n) is 6.93. The maximum atomic E-state index is 12.7. The Labute approximate surface area is 158 Å². The van der Waals surface area contributed by atoms with Crippen LogP contribution < -0.4 is 9.47 Å². The number of cyclic esters (lactones) is 1. The van der Waals surface area contributed by atoms with Gasteiger partial charge in [0.05, 0.1) is 0 Å². The van der Waals surface area contributed by atoms with Crippen LogP contribution in [0.2, 0.25) is 0 Å². The van der Waals surface area contributed by atoms with Crippen molar-refractivity contribution >= 4 is 22.8 Å². The molecule has 0 unspecified atom stereocenters. The summed E-state index contributed by atoms with van der Waals surface area (Å²) in [4.78, 5) is 12.7. The van der Waals surface area contributed by atoms with E-state index in [1.807, 2.05) is 54.6 Å². The standard InChI is InChI=1S/C23H20O4/c1-4-15-9-11-16(12-10-15)14-25-21-18-8-6-5-7-17(18)13-19-20(21)22(24)27-23(2,3)26-19/h4-13H,1,14H2,2-3H3. The van der Waals surface area contributed by atoms with Gasteiger partial charge in [0.1, 0.15) is 23.7 Å². The maximum absolute atomic E-state index is 12.7. The molecule has 3 aromatic rings. The molecule has 0 radical (unpaired) electrons. The quantitative estimate of drug-likeness (QED) is 0.589. The van der Waals surface area contributed by atoms with Gasteiger partial charge >= 0.3 is 5.97 Å². The lowest BCUT2D eigenvalue weighted by molar-refractivity contribution is -0.127. The van der Waals surface area contributed by atoms with Crippen LogP contribution in [0.25, 0.3) is 16.8 Å². The molecule has 4 rings (SSSR count). The summed E-state index contributed by atoms with van der Waals surface area (Å²) in [5.41, 5.74) is 2.36. The first-order chi connectivity index (χ1) is 13.0. The number of esters is 1. The third kappa shape index (κ3) is 3.26. The lowest BCUT2D eigenvalue weighted by Crippen LogP contribution is -2.39. The van der Waals surface area contributed by atoms with Crippen LogP contribution >= 0.6 is 0 Å². The minimum atomic E-state index is -1.01. The van der Waals surface area contributed by atoms with Crippen molar-refractivity contribution in [2.75, 3.05) is 0 Å². The van der Waals surface area contributed by atoms with Gasteiger partial charge in [-0.25, -0.2) is 4.79 Å². The molecule has 0 atom stereocenters. The zero-order chi connectivity index (χ0) is 19.0. The number of rotatable bonds is 4. The van der Waals surface area contributed by atoms with Gasteiger partial charge in [0, 0.05) is 19.2 Å². The molecule has 0 aromatic heterocycles. The SMILES string of the molecule is C=Cc1ccc(COc2c3c(cc4ccccc24)OC(C)(C)OC3=O)cc1. The van der Waals surface area contributed by atoms with Crippen LogP contribution in [0.4, 0.5) is 0 Å². The molecule has 4 heteroatoms. The minimum absolute atomic E-state index is 0.328. The van der Waals surface area contributed by atoms with Gasteiger partial charge in [0.2, 0.25) is 5.79 Å². The van der Waals surface area contributed by atoms with E-state index in [1.165, 1.54) is 0 Å². The van der Waals surface area contributed by atoms with E-state index in [-0.39, 0.29) is 0 Å². The van der Waals surface area contributed by atoms with Crippen LogP contribution in [0.5, 0.6) is 11.5 Å². The van der Waals surface area contributed by atoms with Crippen molar-refractivity contribution in [3.63, 3.8) is 0 Å². The summed E-state index contributed by atoms with van der Waals surface area (Å²) in [6.07, 6.45) is 1.79. The fraction of sp³-hybridized carbons (Fsp3) is 0.174. The van der Waals surface area contributed by atoms with Crippen molar-refractivity contribution in [3.05, 3.63) is 77.9 Å². The first-order valence-corrected chi connectivity index (χ1v) is 8.79. The van der Waals surface area contributed by atoms with Crippen LogP contribution in [-0.4, -0.2) is 11.8 Å². The molecule has 1 aliphatic rings. The Hall–Kier alpha value is -3.27. The maximum Gasteiger partial charge on any atom is 0.349 e. The van der Waals surface area contributed by atoms with E-state index in [1.54, 1.807) is 19.9 Å². The summed E-state index contributed by atoms with van der Waals surface area (Å²) < 4.78 is 17.4. The Kier molecular flexibility index (Phi) is 4.11. The molecule has 27 heavy (non-hydrogen) atoms. The zero-order valence-electron chi connectivity index (χ0n) is 15.3. The van der Waals surface area contributed by atoms with Crippen molar-refractivity contribution in [2.24, 2.45) is 0 Å². The molecule has 3 aromatic carbocycles. The van der Waals surface area contributed by atoms with E-state index >= 15 is 0 Å². The topological polar surface area (TPSA) is 44.8 Å². The lowest BCUT2D eigenvalue weighted by atomic mass is 10.0. The van der Waals surface area contributed by atoms with Crippen LogP contribution in [0, 0.1) is 0 Å². The summed E-state index contributed by atoms with van der Waals surface area (Å²) in [6, 6.07) is 17.5. The molecule has 0 amide bonds. The Morgan fingerprint density at radius 3 is 2.56 bits per heavy atom. The van der Waals surface area contributed by atoms with Gasteiger partial charge in [-0.3, -0.25) is 0 Å². The summed E-state index contributed by atoms with van der Waals surface area (Å²) in [7, 11) is 0. The number of hydrogen-bond acceptors (Lipinski definition) is 4. The molecule has 0 aliphatic carbocycles. The van der Waals surface area contributed by atoms with Gasteiger partial charge in [0.25, 0.3) is 0 Å². The van der Waals surface area contributed by atoms with Crippen LogP contribution in [0.3, 0.4) is 0 Å². The molecule has 136 valence electrons. The smallest absolute Gasteiger partial charge is 0.349 e. The molecule has 0 N–H and O–H groups in total. The summed E-state index contributed by atoms with van der Waals surface area (Å²) >= 11 is 0. The molecule has 0 fully saturated rings.